The molecule has 1 aliphatic heterocycles. The third kappa shape index (κ3) is 4.10. The van der Waals surface area contributed by atoms with Crippen molar-refractivity contribution < 1.29 is 4.74 Å². The highest BCUT2D eigenvalue weighted by Crippen LogP contribution is 2.26. The molecule has 20 heavy (non-hydrogen) atoms. The second kappa shape index (κ2) is 5.24. The van der Waals surface area contributed by atoms with E-state index in [2.05, 4.69) is 63.9 Å². The van der Waals surface area contributed by atoms with Gasteiger partial charge in [-0.25, -0.2) is 4.98 Å². The zero-order valence-corrected chi connectivity index (χ0v) is 13.5. The van der Waals surface area contributed by atoms with Gasteiger partial charge in [-0.2, -0.15) is 0 Å². The van der Waals surface area contributed by atoms with Gasteiger partial charge in [0, 0.05) is 18.6 Å². The van der Waals surface area contributed by atoms with Gasteiger partial charge >= 0.3 is 0 Å². The molecule has 1 saturated heterocycles. The molecule has 1 aliphatic rings. The largest absolute Gasteiger partial charge is 0.369 e. The van der Waals surface area contributed by atoms with Gasteiger partial charge in [0.1, 0.15) is 11.6 Å². The lowest BCUT2D eigenvalue weighted by Gasteiger charge is -2.42. The van der Waals surface area contributed by atoms with Gasteiger partial charge in [-0.15, -0.1) is 0 Å². The number of hydrogen-bond donors (Lipinski definition) is 1. The van der Waals surface area contributed by atoms with Gasteiger partial charge in [-0.3, -0.25) is 0 Å². The number of rotatable bonds is 2. The Morgan fingerprint density at radius 1 is 1.35 bits per heavy atom. The molecule has 4 heteroatoms. The first-order chi connectivity index (χ1) is 9.15. The molecule has 1 N–H and O–H groups in total. The predicted molar refractivity (Wildman–Crippen MR) is 84.5 cm³/mol. The Balaban J connectivity index is 2.18. The predicted octanol–water partition coefficient (Wildman–Crippen LogP) is 3.30. The minimum atomic E-state index is -0.132. The van der Waals surface area contributed by atoms with E-state index in [-0.39, 0.29) is 17.2 Å². The summed E-state index contributed by atoms with van der Waals surface area (Å²) in [6, 6.07) is 6.15. The Morgan fingerprint density at radius 2 is 2.05 bits per heavy atom. The van der Waals surface area contributed by atoms with Crippen LogP contribution in [0.4, 0.5) is 11.6 Å². The van der Waals surface area contributed by atoms with Crippen molar-refractivity contribution in [3.05, 3.63) is 18.2 Å². The average Bonchev–Trinajstić information content (AvgIpc) is 2.24. The van der Waals surface area contributed by atoms with Gasteiger partial charge in [0.05, 0.1) is 11.7 Å². The smallest absolute Gasteiger partial charge is 0.131 e. The van der Waals surface area contributed by atoms with Crippen LogP contribution in [0, 0.1) is 0 Å². The van der Waals surface area contributed by atoms with Crippen LogP contribution in [0.15, 0.2) is 18.2 Å². The van der Waals surface area contributed by atoms with E-state index in [9.17, 15) is 0 Å². The summed E-state index contributed by atoms with van der Waals surface area (Å²) in [5.74, 6) is 1.94. The van der Waals surface area contributed by atoms with E-state index < -0.39 is 0 Å². The van der Waals surface area contributed by atoms with Crippen LogP contribution in [-0.4, -0.2) is 35.3 Å². The minimum Gasteiger partial charge on any atom is -0.369 e. The lowest BCUT2D eigenvalue weighted by Crippen LogP contribution is -2.52. The first-order valence-electron chi connectivity index (χ1n) is 7.33. The van der Waals surface area contributed by atoms with Crippen LogP contribution in [0.2, 0.25) is 0 Å². The van der Waals surface area contributed by atoms with Crippen LogP contribution < -0.4 is 10.2 Å². The summed E-state index contributed by atoms with van der Waals surface area (Å²) in [6.45, 7) is 14.5. The zero-order valence-electron chi connectivity index (χ0n) is 13.5. The molecule has 0 spiro atoms. The summed E-state index contributed by atoms with van der Waals surface area (Å²) in [6.07, 6.45) is 0.222. The fourth-order valence-electron chi connectivity index (χ4n) is 2.68. The molecule has 4 nitrogen and oxygen atoms in total. The minimum absolute atomic E-state index is 0.0171. The molecule has 0 amide bonds. The third-order valence-electron chi connectivity index (χ3n) is 3.13. The number of nitrogens with one attached hydrogen (secondary N) is 1. The first-order valence-corrected chi connectivity index (χ1v) is 7.33. The number of aromatic nitrogens is 1. The maximum absolute atomic E-state index is 5.95. The van der Waals surface area contributed by atoms with Gasteiger partial charge in [0.2, 0.25) is 0 Å². The van der Waals surface area contributed by atoms with Gasteiger partial charge in [-0.05, 0) is 53.7 Å². The average molecular weight is 277 g/mol. The maximum atomic E-state index is 5.95. The molecule has 1 aromatic heterocycles. The van der Waals surface area contributed by atoms with Crippen molar-refractivity contribution in [1.29, 1.82) is 0 Å². The van der Waals surface area contributed by atoms with Crippen LogP contribution >= 0.6 is 0 Å². The van der Waals surface area contributed by atoms with Crippen LogP contribution in [0.3, 0.4) is 0 Å². The molecule has 0 radical (unpaired) electrons. The van der Waals surface area contributed by atoms with E-state index in [1.165, 1.54) is 0 Å². The molecule has 0 aliphatic carbocycles. The van der Waals surface area contributed by atoms with Crippen LogP contribution in [0.1, 0.15) is 41.5 Å². The highest BCUT2D eigenvalue weighted by molar-refractivity contribution is 5.48. The topological polar surface area (TPSA) is 37.4 Å². The van der Waals surface area contributed by atoms with Crippen molar-refractivity contribution in [2.24, 2.45) is 0 Å². The third-order valence-corrected chi connectivity index (χ3v) is 3.13. The molecule has 1 aromatic rings. The second-order valence-electron chi connectivity index (χ2n) is 7.32. The molecule has 0 saturated carbocycles. The van der Waals surface area contributed by atoms with E-state index in [0.29, 0.717) is 0 Å². The summed E-state index contributed by atoms with van der Waals surface area (Å²) in [4.78, 5) is 7.05. The molecule has 2 heterocycles. The summed E-state index contributed by atoms with van der Waals surface area (Å²) in [7, 11) is 0. The molecular formula is C16H27N3O. The van der Waals surface area contributed by atoms with Crippen molar-refractivity contribution in [3.8, 4) is 0 Å². The Bertz CT molecular complexity index is 465. The second-order valence-corrected chi connectivity index (χ2v) is 7.32. The number of nitrogens with zero attached hydrogens (tertiary/aromatic N) is 2. The Labute approximate surface area is 122 Å². The molecule has 1 unspecified atom stereocenters. The van der Waals surface area contributed by atoms with Crippen LogP contribution in [-0.2, 0) is 4.74 Å². The van der Waals surface area contributed by atoms with Crippen molar-refractivity contribution in [3.63, 3.8) is 0 Å². The Morgan fingerprint density at radius 3 is 2.65 bits per heavy atom. The molecule has 112 valence electrons. The van der Waals surface area contributed by atoms with Gasteiger partial charge in [0.25, 0.3) is 0 Å². The van der Waals surface area contributed by atoms with Crippen LogP contribution in [0.25, 0.3) is 0 Å². The fourth-order valence-corrected chi connectivity index (χ4v) is 2.68. The van der Waals surface area contributed by atoms with E-state index in [1.807, 2.05) is 6.07 Å². The van der Waals surface area contributed by atoms with E-state index in [4.69, 9.17) is 9.72 Å². The standard InChI is InChI=1S/C16H27N3O/c1-12-10-19(11-16(5,6)20-12)14-9-7-8-13(17-14)18-15(2,3)4/h7-9,12H,10-11H2,1-6H3,(H,17,18). The van der Waals surface area contributed by atoms with Crippen molar-refractivity contribution >= 4 is 11.6 Å². The Kier molecular flexibility index (Phi) is 3.96. The lowest BCUT2D eigenvalue weighted by atomic mass is 10.1. The summed E-state index contributed by atoms with van der Waals surface area (Å²) in [5.41, 5.74) is -0.115. The summed E-state index contributed by atoms with van der Waals surface area (Å²) < 4.78 is 5.95. The highest BCUT2D eigenvalue weighted by Gasteiger charge is 2.32. The van der Waals surface area contributed by atoms with Gasteiger partial charge in [-0.1, -0.05) is 6.07 Å². The molecule has 2 rings (SSSR count). The number of pyridine rings is 1. The quantitative estimate of drug-likeness (QED) is 0.900. The van der Waals surface area contributed by atoms with Crippen LogP contribution in [0.5, 0.6) is 0 Å². The number of ether oxygens (including phenoxy) is 1. The molecule has 1 atom stereocenters. The van der Waals surface area contributed by atoms with Gasteiger partial charge < -0.3 is 15.0 Å². The van der Waals surface area contributed by atoms with Crippen molar-refractivity contribution in [1.82, 2.24) is 4.98 Å². The molecule has 0 bridgehead atoms. The van der Waals surface area contributed by atoms with Gasteiger partial charge in [0.15, 0.2) is 0 Å². The van der Waals surface area contributed by atoms with E-state index in [1.54, 1.807) is 0 Å². The van der Waals surface area contributed by atoms with E-state index >= 15 is 0 Å². The molecular weight excluding hydrogens is 250 g/mol. The fraction of sp³-hybridized carbons (Fsp3) is 0.688. The number of hydrogen-bond acceptors (Lipinski definition) is 4. The maximum Gasteiger partial charge on any atom is 0.131 e. The molecule has 0 aromatic carbocycles. The van der Waals surface area contributed by atoms with Crippen molar-refractivity contribution in [2.45, 2.75) is 58.8 Å². The van der Waals surface area contributed by atoms with Crippen molar-refractivity contribution in [2.75, 3.05) is 23.3 Å². The summed E-state index contributed by atoms with van der Waals surface area (Å²) in [5, 5.41) is 3.42. The highest BCUT2D eigenvalue weighted by atomic mass is 16.5. The SMILES string of the molecule is CC1CN(c2cccc(NC(C)(C)C)n2)CC(C)(C)O1. The Hall–Kier alpha value is -1.29. The summed E-state index contributed by atoms with van der Waals surface area (Å²) >= 11 is 0. The molecule has 1 fully saturated rings. The monoisotopic (exact) mass is 277 g/mol. The van der Waals surface area contributed by atoms with E-state index in [0.717, 1.165) is 24.7 Å². The normalized spacial score (nSPS) is 22.7. The first kappa shape index (κ1) is 15.1. The number of anilines is 2. The lowest BCUT2D eigenvalue weighted by molar-refractivity contribution is -0.0751. The zero-order chi connectivity index (χ0) is 15.0. The number of morpholine rings is 1.